The van der Waals surface area contributed by atoms with Crippen LogP contribution in [-0.4, -0.2) is 45.3 Å². The van der Waals surface area contributed by atoms with E-state index in [9.17, 15) is 9.90 Å². The van der Waals surface area contributed by atoms with Gasteiger partial charge < -0.3 is 15.2 Å². The molecule has 122 valence electrons. The molecule has 23 heavy (non-hydrogen) atoms. The lowest BCUT2D eigenvalue weighted by Gasteiger charge is -2.17. The number of hydrogen-bond acceptors (Lipinski definition) is 6. The average molecular weight is 317 g/mol. The number of urea groups is 1. The van der Waals surface area contributed by atoms with E-state index < -0.39 is 11.6 Å². The largest absolute Gasteiger partial charge is 0.467 e. The highest BCUT2D eigenvalue weighted by atomic mass is 16.5. The predicted octanol–water partition coefficient (Wildman–Crippen LogP) is 1.44. The number of ether oxygens (including phenoxy) is 1. The van der Waals surface area contributed by atoms with Crippen LogP contribution in [0.5, 0.6) is 6.01 Å². The Morgan fingerprint density at radius 2 is 1.83 bits per heavy atom. The summed E-state index contributed by atoms with van der Waals surface area (Å²) in [5.41, 5.74) is 0.634. The van der Waals surface area contributed by atoms with Crippen LogP contribution >= 0.6 is 0 Å². The molecule has 0 bridgehead atoms. The standard InChI is InChI=1S/C15H19N5O3/c1-15(2,22)9-19-13(21)20-12-5-4-10(6-16-12)11-7-17-14(23-3)18-8-11/h4-8,22H,9H2,1-3H3,(H2,16,19,20,21). The number of pyridine rings is 1. The lowest BCUT2D eigenvalue weighted by atomic mass is 10.1. The topological polar surface area (TPSA) is 109 Å². The first-order valence-corrected chi connectivity index (χ1v) is 6.97. The molecule has 2 aromatic heterocycles. The molecule has 0 atom stereocenters. The molecule has 0 radical (unpaired) electrons. The molecule has 2 heterocycles. The van der Waals surface area contributed by atoms with E-state index in [1.807, 2.05) is 0 Å². The van der Waals surface area contributed by atoms with Gasteiger partial charge in [-0.25, -0.2) is 19.7 Å². The van der Waals surface area contributed by atoms with Crippen LogP contribution in [0.4, 0.5) is 10.6 Å². The average Bonchev–Trinajstić information content (AvgIpc) is 2.53. The van der Waals surface area contributed by atoms with Crippen LogP contribution in [0.3, 0.4) is 0 Å². The summed E-state index contributed by atoms with van der Waals surface area (Å²) in [5.74, 6) is 0.399. The Bertz CT molecular complexity index is 650. The van der Waals surface area contributed by atoms with Gasteiger partial charge in [-0.15, -0.1) is 0 Å². The summed E-state index contributed by atoms with van der Waals surface area (Å²) >= 11 is 0. The number of amides is 2. The third kappa shape index (κ3) is 5.19. The molecule has 8 heteroatoms. The molecule has 0 aromatic carbocycles. The Morgan fingerprint density at radius 1 is 1.17 bits per heavy atom. The first kappa shape index (κ1) is 16.6. The van der Waals surface area contributed by atoms with Gasteiger partial charge in [0.15, 0.2) is 0 Å². The van der Waals surface area contributed by atoms with E-state index >= 15 is 0 Å². The lowest BCUT2D eigenvalue weighted by Crippen LogP contribution is -2.40. The van der Waals surface area contributed by atoms with Crippen molar-refractivity contribution in [1.82, 2.24) is 20.3 Å². The number of carbonyl (C=O) groups excluding carboxylic acids is 1. The number of nitrogens with one attached hydrogen (secondary N) is 2. The quantitative estimate of drug-likeness (QED) is 0.770. The Kier molecular flexibility index (Phi) is 5.07. The minimum absolute atomic E-state index is 0.139. The van der Waals surface area contributed by atoms with E-state index in [0.29, 0.717) is 11.8 Å². The summed E-state index contributed by atoms with van der Waals surface area (Å²) in [6.45, 7) is 3.36. The number of methoxy groups -OCH3 is 1. The second kappa shape index (κ2) is 7.01. The maximum absolute atomic E-state index is 11.7. The first-order chi connectivity index (χ1) is 10.9. The van der Waals surface area contributed by atoms with E-state index in [-0.39, 0.29) is 6.54 Å². The number of aliphatic hydroxyl groups is 1. The summed E-state index contributed by atoms with van der Waals surface area (Å²) in [6, 6.07) is 3.33. The molecule has 0 saturated heterocycles. The van der Waals surface area contributed by atoms with Crippen molar-refractivity contribution in [2.75, 3.05) is 19.0 Å². The van der Waals surface area contributed by atoms with Crippen molar-refractivity contribution in [3.63, 3.8) is 0 Å². The zero-order chi connectivity index (χ0) is 16.9. The number of anilines is 1. The smallest absolute Gasteiger partial charge is 0.320 e. The molecule has 0 aliphatic rings. The van der Waals surface area contributed by atoms with Crippen molar-refractivity contribution in [2.24, 2.45) is 0 Å². The van der Waals surface area contributed by atoms with Crippen LogP contribution in [0.2, 0.25) is 0 Å². The van der Waals surface area contributed by atoms with Crippen molar-refractivity contribution < 1.29 is 14.6 Å². The first-order valence-electron chi connectivity index (χ1n) is 6.97. The Balaban J connectivity index is 1.97. The third-order valence-corrected chi connectivity index (χ3v) is 2.83. The van der Waals surface area contributed by atoms with Crippen LogP contribution in [0.25, 0.3) is 11.1 Å². The highest BCUT2D eigenvalue weighted by Gasteiger charge is 2.14. The lowest BCUT2D eigenvalue weighted by molar-refractivity contribution is 0.0826. The summed E-state index contributed by atoms with van der Waals surface area (Å²) in [6.07, 6.45) is 4.87. The van der Waals surface area contributed by atoms with Crippen molar-refractivity contribution in [3.8, 4) is 17.1 Å². The number of nitrogens with zero attached hydrogens (tertiary/aromatic N) is 3. The summed E-state index contributed by atoms with van der Waals surface area (Å²) in [7, 11) is 1.50. The zero-order valence-corrected chi connectivity index (χ0v) is 13.2. The SMILES string of the molecule is COc1ncc(-c2ccc(NC(=O)NCC(C)(C)O)nc2)cn1. The van der Waals surface area contributed by atoms with Crippen molar-refractivity contribution in [1.29, 1.82) is 0 Å². The van der Waals surface area contributed by atoms with Crippen molar-refractivity contribution in [3.05, 3.63) is 30.7 Å². The summed E-state index contributed by atoms with van der Waals surface area (Å²) in [5, 5.41) is 14.7. The van der Waals surface area contributed by atoms with Gasteiger partial charge in [0.2, 0.25) is 0 Å². The predicted molar refractivity (Wildman–Crippen MR) is 85.1 cm³/mol. The number of hydrogen-bond donors (Lipinski definition) is 3. The van der Waals surface area contributed by atoms with Gasteiger partial charge in [-0.2, -0.15) is 0 Å². The molecule has 8 nitrogen and oxygen atoms in total. The van der Waals surface area contributed by atoms with E-state index in [1.54, 1.807) is 44.6 Å². The van der Waals surface area contributed by atoms with Crippen LogP contribution in [0.15, 0.2) is 30.7 Å². The molecular formula is C15H19N5O3. The third-order valence-electron chi connectivity index (χ3n) is 2.83. The Hall–Kier alpha value is -2.74. The van der Waals surface area contributed by atoms with E-state index in [0.717, 1.165) is 11.1 Å². The highest BCUT2D eigenvalue weighted by Crippen LogP contribution is 2.18. The molecule has 0 fully saturated rings. The molecule has 0 unspecified atom stereocenters. The van der Waals surface area contributed by atoms with Crippen LogP contribution in [0, 0.1) is 0 Å². The number of rotatable bonds is 5. The second-order valence-electron chi connectivity index (χ2n) is 5.51. The van der Waals surface area contributed by atoms with Crippen molar-refractivity contribution in [2.45, 2.75) is 19.4 Å². The normalized spacial score (nSPS) is 11.0. The highest BCUT2D eigenvalue weighted by molar-refractivity contribution is 5.88. The van der Waals surface area contributed by atoms with Gasteiger partial charge in [0.1, 0.15) is 5.82 Å². The van der Waals surface area contributed by atoms with E-state index in [4.69, 9.17) is 4.74 Å². The molecule has 2 amide bonds. The van der Waals surface area contributed by atoms with Gasteiger partial charge in [-0.3, -0.25) is 5.32 Å². The molecule has 0 saturated carbocycles. The number of carbonyl (C=O) groups is 1. The minimum Gasteiger partial charge on any atom is -0.467 e. The molecule has 3 N–H and O–H groups in total. The van der Waals surface area contributed by atoms with Crippen molar-refractivity contribution >= 4 is 11.8 Å². The van der Waals surface area contributed by atoms with Crippen LogP contribution in [-0.2, 0) is 0 Å². The van der Waals surface area contributed by atoms with Gasteiger partial charge in [0.05, 0.1) is 12.7 Å². The van der Waals surface area contributed by atoms with E-state index in [2.05, 4.69) is 25.6 Å². The summed E-state index contributed by atoms with van der Waals surface area (Å²) in [4.78, 5) is 23.9. The summed E-state index contributed by atoms with van der Waals surface area (Å²) < 4.78 is 4.90. The Morgan fingerprint density at radius 3 is 2.35 bits per heavy atom. The van der Waals surface area contributed by atoms with Crippen LogP contribution < -0.4 is 15.4 Å². The number of aromatic nitrogens is 3. The maximum atomic E-state index is 11.7. The fourth-order valence-corrected chi connectivity index (χ4v) is 1.67. The van der Waals surface area contributed by atoms with Gasteiger partial charge in [-0.05, 0) is 26.0 Å². The molecule has 2 rings (SSSR count). The fourth-order valence-electron chi connectivity index (χ4n) is 1.67. The Labute approximate surface area is 134 Å². The minimum atomic E-state index is -0.969. The fraction of sp³-hybridized carbons (Fsp3) is 0.333. The van der Waals surface area contributed by atoms with Gasteiger partial charge in [0, 0.05) is 36.3 Å². The van der Waals surface area contributed by atoms with Crippen LogP contribution in [0.1, 0.15) is 13.8 Å². The zero-order valence-electron chi connectivity index (χ0n) is 13.2. The molecule has 0 spiro atoms. The maximum Gasteiger partial charge on any atom is 0.320 e. The molecule has 2 aromatic rings. The molecule has 0 aliphatic carbocycles. The van der Waals surface area contributed by atoms with Gasteiger partial charge in [0.25, 0.3) is 0 Å². The van der Waals surface area contributed by atoms with Gasteiger partial charge >= 0.3 is 12.0 Å². The molecule has 0 aliphatic heterocycles. The van der Waals surface area contributed by atoms with Gasteiger partial charge in [-0.1, -0.05) is 0 Å². The second-order valence-corrected chi connectivity index (χ2v) is 5.51. The monoisotopic (exact) mass is 317 g/mol. The van der Waals surface area contributed by atoms with E-state index in [1.165, 1.54) is 7.11 Å². The molecular weight excluding hydrogens is 298 g/mol.